The highest BCUT2D eigenvalue weighted by molar-refractivity contribution is 5.90. The molecule has 1 aliphatic rings. The molecule has 13 heteroatoms. The molecular formula is C23H24F5N7O. The SMILES string of the molecule is COc1nc(NC2CCN(C)CC2(F)F)nn2ccc(-c3cc(F)c4nc(C)n(CC(F)F)c4c3)c12. The number of hydrogen-bond acceptors (Lipinski definition) is 6. The molecule has 3 aromatic heterocycles. The molecule has 1 saturated heterocycles. The number of likely N-dealkylation sites (tertiary alicyclic amines) is 1. The number of alkyl halides is 4. The number of methoxy groups -OCH3 is 1. The van der Waals surface area contributed by atoms with Crippen LogP contribution in [0.1, 0.15) is 12.2 Å². The van der Waals surface area contributed by atoms with Gasteiger partial charge in [-0.3, -0.25) is 0 Å². The van der Waals surface area contributed by atoms with E-state index in [1.54, 1.807) is 30.3 Å². The van der Waals surface area contributed by atoms with Crippen LogP contribution in [0.15, 0.2) is 24.4 Å². The van der Waals surface area contributed by atoms with Crippen molar-refractivity contribution in [2.45, 2.75) is 38.3 Å². The van der Waals surface area contributed by atoms with Crippen LogP contribution >= 0.6 is 0 Å². The van der Waals surface area contributed by atoms with E-state index >= 15 is 0 Å². The summed E-state index contributed by atoms with van der Waals surface area (Å²) >= 11 is 0. The smallest absolute Gasteiger partial charge is 0.280 e. The standard InChI is InChI=1S/C23H24F5N7O/c1-12-29-19-15(24)8-13(9-16(19)34(12)10-18(25)26)14-4-7-35-20(14)21(36-3)31-22(32-35)30-17-5-6-33(2)11-23(17,27)28/h4,7-9,17-18H,5-6,10-11H2,1-3H3,(H,30,32). The Morgan fingerprint density at radius 3 is 2.72 bits per heavy atom. The van der Waals surface area contributed by atoms with Crippen LogP contribution in [-0.2, 0) is 6.54 Å². The van der Waals surface area contributed by atoms with Crippen LogP contribution in [-0.4, -0.2) is 74.7 Å². The average molecular weight is 509 g/mol. The molecule has 8 nitrogen and oxygen atoms in total. The lowest BCUT2D eigenvalue weighted by Gasteiger charge is -2.36. The predicted molar refractivity (Wildman–Crippen MR) is 123 cm³/mol. The topological polar surface area (TPSA) is 72.5 Å². The largest absolute Gasteiger partial charge is 0.479 e. The van der Waals surface area contributed by atoms with Gasteiger partial charge in [-0.05, 0) is 44.2 Å². The van der Waals surface area contributed by atoms with Gasteiger partial charge in [0, 0.05) is 18.3 Å². The summed E-state index contributed by atoms with van der Waals surface area (Å²) in [4.78, 5) is 9.94. The van der Waals surface area contributed by atoms with Crippen molar-refractivity contribution in [1.82, 2.24) is 29.0 Å². The molecule has 0 bridgehead atoms. The van der Waals surface area contributed by atoms with Gasteiger partial charge in [0.1, 0.15) is 16.9 Å². The Balaban J connectivity index is 1.57. The molecule has 1 aromatic carbocycles. The Bertz CT molecular complexity index is 1430. The summed E-state index contributed by atoms with van der Waals surface area (Å²) in [5.41, 5.74) is 1.45. The zero-order valence-corrected chi connectivity index (χ0v) is 19.8. The maximum atomic E-state index is 15.0. The van der Waals surface area contributed by atoms with Crippen molar-refractivity contribution in [2.75, 3.05) is 32.6 Å². The van der Waals surface area contributed by atoms with Crippen LogP contribution in [0, 0.1) is 12.7 Å². The minimum atomic E-state index is -2.98. The van der Waals surface area contributed by atoms with Crippen LogP contribution < -0.4 is 10.1 Å². The number of ether oxygens (including phenoxy) is 1. The second-order valence-electron chi connectivity index (χ2n) is 8.94. The zero-order chi connectivity index (χ0) is 25.8. The van der Waals surface area contributed by atoms with Crippen molar-refractivity contribution < 1.29 is 26.7 Å². The molecule has 1 fully saturated rings. The first-order chi connectivity index (χ1) is 17.1. The van der Waals surface area contributed by atoms with Gasteiger partial charge in [0.05, 0.1) is 31.8 Å². The normalized spacial score (nSPS) is 18.4. The Morgan fingerprint density at radius 1 is 1.25 bits per heavy atom. The third kappa shape index (κ3) is 4.21. The van der Waals surface area contributed by atoms with Crippen molar-refractivity contribution in [3.63, 3.8) is 0 Å². The lowest BCUT2D eigenvalue weighted by molar-refractivity contribution is -0.0675. The number of rotatable bonds is 6. The minimum Gasteiger partial charge on any atom is -0.479 e. The Morgan fingerprint density at radius 2 is 2.03 bits per heavy atom. The first-order valence-electron chi connectivity index (χ1n) is 11.3. The number of halogens is 5. The van der Waals surface area contributed by atoms with Gasteiger partial charge in [0.15, 0.2) is 5.82 Å². The lowest BCUT2D eigenvalue weighted by atomic mass is 10.0. The Hall–Kier alpha value is -3.48. The molecule has 0 saturated carbocycles. The van der Waals surface area contributed by atoms with Gasteiger partial charge in [-0.15, -0.1) is 5.10 Å². The summed E-state index contributed by atoms with van der Waals surface area (Å²) in [6, 6.07) is 3.31. The molecule has 0 aliphatic carbocycles. The fourth-order valence-electron chi connectivity index (χ4n) is 4.69. The molecule has 0 radical (unpaired) electrons. The number of fused-ring (bicyclic) bond motifs is 2. The van der Waals surface area contributed by atoms with Gasteiger partial charge in [0.25, 0.3) is 12.3 Å². The van der Waals surface area contributed by atoms with Crippen molar-refractivity contribution in [3.05, 3.63) is 36.0 Å². The molecule has 0 amide bonds. The molecule has 1 N–H and O–H groups in total. The van der Waals surface area contributed by atoms with E-state index in [1.165, 1.54) is 29.2 Å². The number of benzene rings is 1. The zero-order valence-electron chi connectivity index (χ0n) is 19.8. The maximum absolute atomic E-state index is 15.0. The highest BCUT2D eigenvalue weighted by atomic mass is 19.3. The quantitative estimate of drug-likeness (QED) is 0.393. The van der Waals surface area contributed by atoms with Gasteiger partial charge >= 0.3 is 0 Å². The van der Waals surface area contributed by atoms with Crippen LogP contribution in [0.5, 0.6) is 5.88 Å². The highest BCUT2D eigenvalue weighted by Gasteiger charge is 2.44. The number of aryl methyl sites for hydroxylation is 1. The number of piperidine rings is 1. The number of hydrogen-bond donors (Lipinski definition) is 1. The number of aromatic nitrogens is 5. The summed E-state index contributed by atoms with van der Waals surface area (Å²) in [5.74, 6) is -3.33. The molecular weight excluding hydrogens is 485 g/mol. The minimum absolute atomic E-state index is 0.00540. The van der Waals surface area contributed by atoms with Gasteiger partial charge < -0.3 is 19.5 Å². The molecule has 0 spiro atoms. The van der Waals surface area contributed by atoms with Crippen molar-refractivity contribution in [1.29, 1.82) is 0 Å². The van der Waals surface area contributed by atoms with Gasteiger partial charge in [-0.1, -0.05) is 0 Å². The lowest BCUT2D eigenvalue weighted by Crippen LogP contribution is -2.53. The predicted octanol–water partition coefficient (Wildman–Crippen LogP) is 4.22. The molecule has 36 heavy (non-hydrogen) atoms. The van der Waals surface area contributed by atoms with Crippen LogP contribution in [0.25, 0.3) is 27.7 Å². The molecule has 4 aromatic rings. The average Bonchev–Trinajstić information content (AvgIpc) is 3.36. The summed E-state index contributed by atoms with van der Waals surface area (Å²) in [6.07, 6.45) is -0.870. The second kappa shape index (κ2) is 8.87. The monoisotopic (exact) mass is 509 g/mol. The molecule has 192 valence electrons. The third-order valence-corrected chi connectivity index (χ3v) is 6.40. The number of nitrogens with zero attached hydrogens (tertiary/aromatic N) is 6. The molecule has 1 aliphatic heterocycles. The van der Waals surface area contributed by atoms with E-state index in [-0.39, 0.29) is 41.7 Å². The first-order valence-corrected chi connectivity index (χ1v) is 11.3. The van der Waals surface area contributed by atoms with E-state index < -0.39 is 30.8 Å². The Kier molecular flexibility index (Phi) is 5.97. The first kappa shape index (κ1) is 24.2. The highest BCUT2D eigenvalue weighted by Crippen LogP contribution is 2.35. The van der Waals surface area contributed by atoms with Gasteiger partial charge in [-0.2, -0.15) is 4.98 Å². The van der Waals surface area contributed by atoms with Crippen LogP contribution in [0.2, 0.25) is 0 Å². The summed E-state index contributed by atoms with van der Waals surface area (Å²) in [6.45, 7) is 1.03. The summed E-state index contributed by atoms with van der Waals surface area (Å²) < 4.78 is 78.3. The van der Waals surface area contributed by atoms with Gasteiger partial charge in [0.2, 0.25) is 11.8 Å². The van der Waals surface area contributed by atoms with E-state index in [4.69, 9.17) is 4.74 Å². The fraction of sp³-hybridized carbons (Fsp3) is 0.435. The Labute approximate surface area is 202 Å². The van der Waals surface area contributed by atoms with E-state index in [2.05, 4.69) is 20.4 Å². The van der Waals surface area contributed by atoms with Crippen molar-refractivity contribution >= 4 is 22.5 Å². The molecule has 1 atom stereocenters. The van der Waals surface area contributed by atoms with E-state index in [0.717, 1.165) is 0 Å². The number of anilines is 1. The fourth-order valence-corrected chi connectivity index (χ4v) is 4.69. The molecule has 1 unspecified atom stereocenters. The summed E-state index contributed by atoms with van der Waals surface area (Å²) in [5, 5.41) is 7.04. The van der Waals surface area contributed by atoms with Crippen LogP contribution in [0.4, 0.5) is 27.9 Å². The number of nitrogens with one attached hydrogen (secondary N) is 1. The van der Waals surface area contributed by atoms with E-state index in [0.29, 0.717) is 23.2 Å². The molecule has 4 heterocycles. The summed E-state index contributed by atoms with van der Waals surface area (Å²) in [7, 11) is 3.01. The van der Waals surface area contributed by atoms with E-state index in [9.17, 15) is 22.0 Å². The number of imidazole rings is 1. The van der Waals surface area contributed by atoms with Gasteiger partial charge in [-0.25, -0.2) is 31.5 Å². The van der Waals surface area contributed by atoms with E-state index in [1.807, 2.05) is 0 Å². The van der Waals surface area contributed by atoms with Crippen LogP contribution in [0.3, 0.4) is 0 Å². The maximum Gasteiger partial charge on any atom is 0.280 e. The second-order valence-corrected chi connectivity index (χ2v) is 8.94. The van der Waals surface area contributed by atoms with Crippen molar-refractivity contribution in [2.24, 2.45) is 0 Å². The van der Waals surface area contributed by atoms with Crippen molar-refractivity contribution in [3.8, 4) is 17.0 Å². The third-order valence-electron chi connectivity index (χ3n) is 6.40. The molecule has 5 rings (SSSR count).